The second kappa shape index (κ2) is 4.68. The van der Waals surface area contributed by atoms with Crippen molar-refractivity contribution < 1.29 is 0 Å². The molecular formula is C12H20N4. The fraction of sp³-hybridized carbons (Fsp3) is 0.667. The quantitative estimate of drug-likeness (QED) is 0.848. The molecule has 1 aromatic heterocycles. The molecule has 1 aromatic rings. The average Bonchev–Trinajstić information content (AvgIpc) is 2.68. The van der Waals surface area contributed by atoms with Crippen LogP contribution in [0.3, 0.4) is 0 Å². The summed E-state index contributed by atoms with van der Waals surface area (Å²) in [7, 11) is 0. The molecule has 4 heteroatoms. The smallest absolute Gasteiger partial charge is 0.137 e. The van der Waals surface area contributed by atoms with Gasteiger partial charge in [-0.2, -0.15) is 0 Å². The van der Waals surface area contributed by atoms with Gasteiger partial charge in [-0.1, -0.05) is 0 Å². The summed E-state index contributed by atoms with van der Waals surface area (Å²) in [5.41, 5.74) is 1.16. The minimum absolute atomic E-state index is 0.600. The Kier molecular flexibility index (Phi) is 3.27. The summed E-state index contributed by atoms with van der Waals surface area (Å²) in [5, 5.41) is 3.28. The van der Waals surface area contributed by atoms with Crippen molar-refractivity contribution in [3.63, 3.8) is 0 Å². The molecule has 0 amide bonds. The average molecular weight is 220 g/mol. The first-order valence-electron chi connectivity index (χ1n) is 6.06. The second-order valence-corrected chi connectivity index (χ2v) is 4.39. The van der Waals surface area contributed by atoms with E-state index in [2.05, 4.69) is 41.0 Å². The Hall–Kier alpha value is -1.32. The number of rotatable bonds is 3. The highest BCUT2D eigenvalue weighted by atomic mass is 15.2. The van der Waals surface area contributed by atoms with Gasteiger partial charge in [0, 0.05) is 24.7 Å². The molecule has 1 unspecified atom stereocenters. The number of nitrogens with one attached hydrogen (secondary N) is 1. The first-order valence-corrected chi connectivity index (χ1v) is 6.06. The molecule has 0 radical (unpaired) electrons. The SMILES string of the molecule is CCNc1ncnc(N2CCCC2C)c1C. The Balaban J connectivity index is 2.30. The van der Waals surface area contributed by atoms with Crippen LogP contribution >= 0.6 is 0 Å². The minimum Gasteiger partial charge on any atom is -0.370 e. The predicted octanol–water partition coefficient (Wildman–Crippen LogP) is 2.21. The standard InChI is InChI=1S/C12H20N4/c1-4-13-11-10(3)12(15-8-14-11)16-7-5-6-9(16)2/h8-9H,4-7H2,1-3H3,(H,13,14,15). The highest BCUT2D eigenvalue weighted by Gasteiger charge is 2.23. The van der Waals surface area contributed by atoms with Gasteiger partial charge in [0.25, 0.3) is 0 Å². The van der Waals surface area contributed by atoms with Crippen LogP contribution in [-0.4, -0.2) is 29.1 Å². The molecule has 0 saturated carbocycles. The van der Waals surface area contributed by atoms with Gasteiger partial charge in [-0.05, 0) is 33.6 Å². The number of nitrogens with zero attached hydrogens (tertiary/aromatic N) is 3. The van der Waals surface area contributed by atoms with E-state index in [0.29, 0.717) is 6.04 Å². The summed E-state index contributed by atoms with van der Waals surface area (Å²) in [6.07, 6.45) is 4.19. The van der Waals surface area contributed by atoms with E-state index in [1.54, 1.807) is 6.33 Å². The molecule has 1 N–H and O–H groups in total. The van der Waals surface area contributed by atoms with Crippen LogP contribution in [0.25, 0.3) is 0 Å². The fourth-order valence-electron chi connectivity index (χ4n) is 2.32. The van der Waals surface area contributed by atoms with Crippen molar-refractivity contribution in [1.29, 1.82) is 0 Å². The Labute approximate surface area is 97.1 Å². The molecule has 0 aliphatic carbocycles. The lowest BCUT2D eigenvalue weighted by molar-refractivity contribution is 0.724. The van der Waals surface area contributed by atoms with Crippen LogP contribution in [0.5, 0.6) is 0 Å². The molecule has 2 heterocycles. The molecule has 1 atom stereocenters. The number of anilines is 2. The lowest BCUT2D eigenvalue weighted by Crippen LogP contribution is -2.28. The number of aromatic nitrogens is 2. The number of hydrogen-bond donors (Lipinski definition) is 1. The zero-order valence-electron chi connectivity index (χ0n) is 10.3. The van der Waals surface area contributed by atoms with Crippen LogP contribution in [0.4, 0.5) is 11.6 Å². The number of hydrogen-bond acceptors (Lipinski definition) is 4. The van der Waals surface area contributed by atoms with Crippen molar-refractivity contribution in [2.24, 2.45) is 0 Å². The first kappa shape index (κ1) is 11.2. The molecule has 4 nitrogen and oxygen atoms in total. The molecular weight excluding hydrogens is 200 g/mol. The molecule has 16 heavy (non-hydrogen) atoms. The molecule has 0 spiro atoms. The summed E-state index contributed by atoms with van der Waals surface area (Å²) in [6, 6.07) is 0.600. The lowest BCUT2D eigenvalue weighted by Gasteiger charge is -2.24. The minimum atomic E-state index is 0.600. The Bertz CT molecular complexity index is 364. The molecule has 1 saturated heterocycles. The van der Waals surface area contributed by atoms with Gasteiger partial charge in [-0.25, -0.2) is 9.97 Å². The zero-order chi connectivity index (χ0) is 11.5. The highest BCUT2D eigenvalue weighted by Crippen LogP contribution is 2.28. The van der Waals surface area contributed by atoms with Crippen molar-refractivity contribution in [3.8, 4) is 0 Å². The van der Waals surface area contributed by atoms with Crippen molar-refractivity contribution in [3.05, 3.63) is 11.9 Å². The largest absolute Gasteiger partial charge is 0.370 e. The molecule has 1 aliphatic rings. The molecule has 88 valence electrons. The molecule has 1 fully saturated rings. The predicted molar refractivity (Wildman–Crippen MR) is 67.0 cm³/mol. The van der Waals surface area contributed by atoms with Gasteiger partial charge < -0.3 is 10.2 Å². The van der Waals surface area contributed by atoms with E-state index in [-0.39, 0.29) is 0 Å². The van der Waals surface area contributed by atoms with Crippen molar-refractivity contribution in [2.45, 2.75) is 39.7 Å². The van der Waals surface area contributed by atoms with Gasteiger partial charge in [0.05, 0.1) is 0 Å². The first-order chi connectivity index (χ1) is 7.74. The molecule has 2 rings (SSSR count). The lowest BCUT2D eigenvalue weighted by atomic mass is 10.2. The topological polar surface area (TPSA) is 41.1 Å². The zero-order valence-corrected chi connectivity index (χ0v) is 10.3. The van der Waals surface area contributed by atoms with Crippen LogP contribution in [0.1, 0.15) is 32.3 Å². The third-order valence-corrected chi connectivity index (χ3v) is 3.23. The summed E-state index contributed by atoms with van der Waals surface area (Å²) in [6.45, 7) is 8.46. The molecule has 0 aromatic carbocycles. The van der Waals surface area contributed by atoms with E-state index < -0.39 is 0 Å². The third kappa shape index (κ3) is 1.96. The van der Waals surface area contributed by atoms with Gasteiger partial charge >= 0.3 is 0 Å². The summed E-state index contributed by atoms with van der Waals surface area (Å²) < 4.78 is 0. The van der Waals surface area contributed by atoms with Gasteiger partial charge in [0.1, 0.15) is 18.0 Å². The van der Waals surface area contributed by atoms with Gasteiger partial charge in [0.15, 0.2) is 0 Å². The van der Waals surface area contributed by atoms with Crippen molar-refractivity contribution in [1.82, 2.24) is 9.97 Å². The molecule has 1 aliphatic heterocycles. The Morgan fingerprint density at radius 1 is 1.50 bits per heavy atom. The normalized spacial score (nSPS) is 20.2. The van der Waals surface area contributed by atoms with Crippen LogP contribution in [0.15, 0.2) is 6.33 Å². The summed E-state index contributed by atoms with van der Waals surface area (Å²) in [5.74, 6) is 2.06. The summed E-state index contributed by atoms with van der Waals surface area (Å²) >= 11 is 0. The van der Waals surface area contributed by atoms with E-state index in [9.17, 15) is 0 Å². The monoisotopic (exact) mass is 220 g/mol. The highest BCUT2D eigenvalue weighted by molar-refractivity contribution is 5.58. The maximum absolute atomic E-state index is 4.43. The van der Waals surface area contributed by atoms with E-state index in [4.69, 9.17) is 0 Å². The maximum atomic E-state index is 4.43. The van der Waals surface area contributed by atoms with Crippen LogP contribution in [-0.2, 0) is 0 Å². The van der Waals surface area contributed by atoms with Crippen molar-refractivity contribution in [2.75, 3.05) is 23.3 Å². The van der Waals surface area contributed by atoms with E-state index in [1.165, 1.54) is 12.8 Å². The molecule has 0 bridgehead atoms. The van der Waals surface area contributed by atoms with Crippen LogP contribution in [0, 0.1) is 6.92 Å². The fourth-order valence-corrected chi connectivity index (χ4v) is 2.32. The maximum Gasteiger partial charge on any atom is 0.137 e. The second-order valence-electron chi connectivity index (χ2n) is 4.39. The van der Waals surface area contributed by atoms with Crippen LogP contribution < -0.4 is 10.2 Å². The Morgan fingerprint density at radius 3 is 2.94 bits per heavy atom. The van der Waals surface area contributed by atoms with Gasteiger partial charge in [-0.15, -0.1) is 0 Å². The van der Waals surface area contributed by atoms with Crippen molar-refractivity contribution >= 4 is 11.6 Å². The Morgan fingerprint density at radius 2 is 2.31 bits per heavy atom. The third-order valence-electron chi connectivity index (χ3n) is 3.23. The van der Waals surface area contributed by atoms with Gasteiger partial charge in [-0.3, -0.25) is 0 Å². The van der Waals surface area contributed by atoms with Crippen LogP contribution in [0.2, 0.25) is 0 Å². The van der Waals surface area contributed by atoms with E-state index >= 15 is 0 Å². The van der Waals surface area contributed by atoms with Gasteiger partial charge in [0.2, 0.25) is 0 Å². The van der Waals surface area contributed by atoms with E-state index in [0.717, 1.165) is 30.3 Å². The van der Waals surface area contributed by atoms with E-state index in [1.807, 2.05) is 0 Å². The summed E-state index contributed by atoms with van der Waals surface area (Å²) in [4.78, 5) is 11.1.